The van der Waals surface area contributed by atoms with Crippen molar-refractivity contribution in [3.8, 4) is 0 Å². The number of methoxy groups -OCH3 is 1. The lowest BCUT2D eigenvalue weighted by molar-refractivity contribution is -0.147. The molecule has 0 aromatic carbocycles. The molecule has 1 unspecified atom stereocenters. The van der Waals surface area contributed by atoms with Crippen molar-refractivity contribution in [2.45, 2.75) is 44.3 Å². The summed E-state index contributed by atoms with van der Waals surface area (Å²) in [6, 6.07) is 0. The van der Waals surface area contributed by atoms with Crippen LogP contribution >= 0.6 is 0 Å². The fraction of sp³-hybridized carbons (Fsp3) is 0.650. The van der Waals surface area contributed by atoms with E-state index in [-0.39, 0.29) is 23.7 Å². The number of aliphatic hydroxyl groups excluding tert-OH is 2. The van der Waals surface area contributed by atoms with Crippen LogP contribution in [-0.4, -0.2) is 60.4 Å². The van der Waals surface area contributed by atoms with Crippen molar-refractivity contribution in [2.75, 3.05) is 20.2 Å². The highest BCUT2D eigenvalue weighted by Crippen LogP contribution is 2.29. The number of allylic oxidation sites excluding steroid dienone is 3. The van der Waals surface area contributed by atoms with Crippen molar-refractivity contribution >= 4 is 17.8 Å². The molecule has 0 aliphatic heterocycles. The molecule has 8 nitrogen and oxygen atoms in total. The van der Waals surface area contributed by atoms with Crippen molar-refractivity contribution in [2.24, 2.45) is 17.8 Å². The third kappa shape index (κ3) is 6.45. The minimum atomic E-state index is -1.83. The molecule has 0 aromatic rings. The van der Waals surface area contributed by atoms with E-state index in [1.807, 2.05) is 24.3 Å². The standard InChI is InChI=1S/C20H30N2O6/c1-28-20(27)15-9-7-14(8-10-15)12-22-19(26)17(24)16(23)18(25)21-11-13-5-3-2-4-6-13/h2-5,13-17,23-24H,6-12H2,1H3,(H,21,25)(H,22,26)/t13?,14?,15?,16-,17-/m1/s1. The zero-order valence-electron chi connectivity index (χ0n) is 16.2. The smallest absolute Gasteiger partial charge is 0.308 e. The van der Waals surface area contributed by atoms with Gasteiger partial charge in [0.25, 0.3) is 11.8 Å². The van der Waals surface area contributed by atoms with Crippen LogP contribution in [0.25, 0.3) is 0 Å². The fourth-order valence-corrected chi connectivity index (χ4v) is 3.52. The van der Waals surface area contributed by atoms with Gasteiger partial charge in [0, 0.05) is 13.1 Å². The maximum absolute atomic E-state index is 12.1. The quantitative estimate of drug-likeness (QED) is 0.431. The van der Waals surface area contributed by atoms with Gasteiger partial charge in [-0.25, -0.2) is 0 Å². The van der Waals surface area contributed by atoms with E-state index in [1.165, 1.54) is 7.11 Å². The third-order valence-electron chi connectivity index (χ3n) is 5.39. The number of carbonyl (C=O) groups is 3. The van der Waals surface area contributed by atoms with Gasteiger partial charge in [0.15, 0.2) is 12.2 Å². The number of hydrogen-bond acceptors (Lipinski definition) is 6. The second kappa shape index (κ2) is 11.0. The van der Waals surface area contributed by atoms with Crippen LogP contribution in [0.4, 0.5) is 0 Å². The van der Waals surface area contributed by atoms with E-state index in [0.717, 1.165) is 19.3 Å². The average Bonchev–Trinajstić information content (AvgIpc) is 2.75. The molecule has 28 heavy (non-hydrogen) atoms. The zero-order valence-corrected chi connectivity index (χ0v) is 16.2. The van der Waals surface area contributed by atoms with E-state index in [1.54, 1.807) is 0 Å². The Morgan fingerprint density at radius 1 is 1.00 bits per heavy atom. The van der Waals surface area contributed by atoms with Crippen molar-refractivity contribution in [3.63, 3.8) is 0 Å². The molecule has 2 aliphatic rings. The number of esters is 1. The van der Waals surface area contributed by atoms with E-state index >= 15 is 0 Å². The summed E-state index contributed by atoms with van der Waals surface area (Å²) in [5.74, 6) is -1.53. The highest BCUT2D eigenvalue weighted by molar-refractivity contribution is 5.90. The number of nitrogens with one attached hydrogen (secondary N) is 2. The third-order valence-corrected chi connectivity index (χ3v) is 5.39. The molecule has 2 aliphatic carbocycles. The van der Waals surface area contributed by atoms with Gasteiger partial charge in [-0.3, -0.25) is 14.4 Å². The first-order valence-electron chi connectivity index (χ1n) is 9.75. The predicted molar refractivity (Wildman–Crippen MR) is 102 cm³/mol. The summed E-state index contributed by atoms with van der Waals surface area (Å²) < 4.78 is 4.75. The lowest BCUT2D eigenvalue weighted by Crippen LogP contribution is -2.50. The van der Waals surface area contributed by atoms with Gasteiger partial charge < -0.3 is 25.6 Å². The van der Waals surface area contributed by atoms with Crippen LogP contribution in [0.1, 0.15) is 32.1 Å². The molecule has 0 aromatic heterocycles. The molecule has 1 saturated carbocycles. The number of rotatable bonds is 8. The summed E-state index contributed by atoms with van der Waals surface area (Å²) in [5.41, 5.74) is 0. The van der Waals surface area contributed by atoms with Gasteiger partial charge in [-0.05, 0) is 43.9 Å². The zero-order chi connectivity index (χ0) is 20.5. The molecular weight excluding hydrogens is 364 g/mol. The van der Waals surface area contributed by atoms with Crippen molar-refractivity contribution in [3.05, 3.63) is 24.3 Å². The molecule has 0 saturated heterocycles. The van der Waals surface area contributed by atoms with Gasteiger partial charge in [0.1, 0.15) is 0 Å². The number of amides is 2. The molecule has 0 heterocycles. The average molecular weight is 394 g/mol. The summed E-state index contributed by atoms with van der Waals surface area (Å²) in [6.07, 6.45) is 7.81. The molecule has 0 bridgehead atoms. The Morgan fingerprint density at radius 2 is 1.61 bits per heavy atom. The lowest BCUT2D eigenvalue weighted by Gasteiger charge is -2.27. The summed E-state index contributed by atoms with van der Waals surface area (Å²) in [6.45, 7) is 0.659. The molecular formula is C20H30N2O6. The van der Waals surface area contributed by atoms with Crippen LogP contribution in [0, 0.1) is 17.8 Å². The molecule has 0 radical (unpaired) electrons. The van der Waals surface area contributed by atoms with E-state index in [2.05, 4.69) is 10.6 Å². The Bertz CT molecular complexity index is 610. The van der Waals surface area contributed by atoms with Gasteiger partial charge in [0.05, 0.1) is 13.0 Å². The van der Waals surface area contributed by atoms with Crippen LogP contribution in [0.2, 0.25) is 0 Å². The SMILES string of the molecule is COC(=O)C1CCC(CNC(=O)[C@H](O)[C@@H](O)C(=O)NCC2C=CC=CC2)CC1. The molecule has 0 spiro atoms. The fourth-order valence-electron chi connectivity index (χ4n) is 3.52. The van der Waals surface area contributed by atoms with E-state index < -0.39 is 24.0 Å². The van der Waals surface area contributed by atoms with E-state index in [0.29, 0.717) is 25.9 Å². The van der Waals surface area contributed by atoms with Gasteiger partial charge >= 0.3 is 5.97 Å². The Balaban J connectivity index is 1.68. The molecule has 2 amide bonds. The first kappa shape index (κ1) is 22.1. The Labute approximate surface area is 165 Å². The number of hydrogen-bond donors (Lipinski definition) is 4. The molecule has 2 rings (SSSR count). The highest BCUT2D eigenvalue weighted by atomic mass is 16.5. The van der Waals surface area contributed by atoms with Crippen LogP contribution in [0.15, 0.2) is 24.3 Å². The molecule has 156 valence electrons. The second-order valence-electron chi connectivity index (χ2n) is 7.43. The van der Waals surface area contributed by atoms with Gasteiger partial charge in [-0.2, -0.15) is 0 Å². The monoisotopic (exact) mass is 394 g/mol. The van der Waals surface area contributed by atoms with Crippen LogP contribution < -0.4 is 10.6 Å². The first-order valence-corrected chi connectivity index (χ1v) is 9.75. The molecule has 8 heteroatoms. The Kier molecular flexibility index (Phi) is 8.66. The number of ether oxygens (including phenoxy) is 1. The summed E-state index contributed by atoms with van der Waals surface area (Å²) in [4.78, 5) is 35.6. The molecule has 1 fully saturated rings. The van der Waals surface area contributed by atoms with Crippen LogP contribution in [0.5, 0.6) is 0 Å². The maximum atomic E-state index is 12.1. The van der Waals surface area contributed by atoms with Gasteiger partial charge in [-0.15, -0.1) is 0 Å². The molecule has 4 N–H and O–H groups in total. The summed E-state index contributed by atoms with van der Waals surface area (Å²) >= 11 is 0. The first-order chi connectivity index (χ1) is 13.4. The predicted octanol–water partition coefficient (Wildman–Crippen LogP) is 0.0523. The lowest BCUT2D eigenvalue weighted by atomic mass is 9.82. The topological polar surface area (TPSA) is 125 Å². The van der Waals surface area contributed by atoms with Gasteiger partial charge in [0.2, 0.25) is 0 Å². The summed E-state index contributed by atoms with van der Waals surface area (Å²) in [7, 11) is 1.38. The number of aliphatic hydroxyl groups is 2. The normalized spacial score (nSPS) is 26.2. The van der Waals surface area contributed by atoms with Crippen molar-refractivity contribution in [1.82, 2.24) is 10.6 Å². The Hall–Kier alpha value is -2.19. The van der Waals surface area contributed by atoms with Crippen LogP contribution in [-0.2, 0) is 19.1 Å². The maximum Gasteiger partial charge on any atom is 0.308 e. The Morgan fingerprint density at radius 3 is 2.14 bits per heavy atom. The highest BCUT2D eigenvalue weighted by Gasteiger charge is 2.32. The van der Waals surface area contributed by atoms with Crippen molar-refractivity contribution < 1.29 is 29.3 Å². The second-order valence-corrected chi connectivity index (χ2v) is 7.43. The molecule has 3 atom stereocenters. The minimum absolute atomic E-state index is 0.0949. The largest absolute Gasteiger partial charge is 0.469 e. The van der Waals surface area contributed by atoms with Gasteiger partial charge in [-0.1, -0.05) is 24.3 Å². The minimum Gasteiger partial charge on any atom is -0.469 e. The number of carbonyl (C=O) groups excluding carboxylic acids is 3. The van der Waals surface area contributed by atoms with Crippen LogP contribution in [0.3, 0.4) is 0 Å². The summed E-state index contributed by atoms with van der Waals surface area (Å²) in [5, 5.41) is 25.0. The van der Waals surface area contributed by atoms with E-state index in [9.17, 15) is 24.6 Å². The van der Waals surface area contributed by atoms with E-state index in [4.69, 9.17) is 4.74 Å². The van der Waals surface area contributed by atoms with Crippen molar-refractivity contribution in [1.29, 1.82) is 0 Å².